The van der Waals surface area contributed by atoms with Crippen LogP contribution in [0.1, 0.15) is 44.2 Å². The van der Waals surface area contributed by atoms with Gasteiger partial charge in [0, 0.05) is 0 Å². The average Bonchev–Trinajstić information content (AvgIpc) is 2.38. The van der Waals surface area contributed by atoms with E-state index in [0.29, 0.717) is 5.92 Å². The first-order chi connectivity index (χ1) is 9.26. The topological polar surface area (TPSA) is 60.4 Å². The molecule has 0 bridgehead atoms. The molecule has 1 aromatic carbocycles. The summed E-state index contributed by atoms with van der Waals surface area (Å²) in [5, 5.41) is -0.736. The number of carbonyl (C=O) groups is 1. The third-order valence-corrected chi connectivity index (χ3v) is 5.44. The lowest BCUT2D eigenvalue weighted by Crippen LogP contribution is -2.23. The molecule has 0 aromatic heterocycles. The Bertz CT molecular complexity index is 544. The maximum Gasteiger partial charge on any atom is 0.306 e. The SMILES string of the molecule is COC(=O)CC(C)S(=O)(=O)Cc1ccc(C(C)C)cc1. The Kier molecular flexibility index (Phi) is 5.74. The second kappa shape index (κ2) is 6.88. The summed E-state index contributed by atoms with van der Waals surface area (Å²) in [5.74, 6) is -0.140. The third-order valence-electron chi connectivity index (χ3n) is 3.31. The number of methoxy groups -OCH3 is 1. The van der Waals surface area contributed by atoms with E-state index in [1.807, 2.05) is 24.3 Å². The Morgan fingerprint density at radius 2 is 1.70 bits per heavy atom. The number of hydrogen-bond donors (Lipinski definition) is 0. The zero-order valence-corrected chi connectivity index (χ0v) is 13.2. The molecule has 112 valence electrons. The zero-order chi connectivity index (χ0) is 15.3. The number of carbonyl (C=O) groups excluding carboxylic acids is 1. The second-order valence-electron chi connectivity index (χ2n) is 5.29. The van der Waals surface area contributed by atoms with Crippen LogP contribution in [-0.2, 0) is 25.1 Å². The van der Waals surface area contributed by atoms with Gasteiger partial charge >= 0.3 is 5.97 Å². The summed E-state index contributed by atoms with van der Waals surface area (Å²) in [4.78, 5) is 11.2. The standard InChI is InChI=1S/C15H22O4S/c1-11(2)14-7-5-13(6-8-14)10-20(17,18)12(3)9-15(16)19-4/h5-8,11-12H,9-10H2,1-4H3. The van der Waals surface area contributed by atoms with Crippen molar-refractivity contribution in [2.24, 2.45) is 0 Å². The van der Waals surface area contributed by atoms with Gasteiger partial charge < -0.3 is 4.74 Å². The van der Waals surface area contributed by atoms with Crippen LogP contribution in [0, 0.1) is 0 Å². The van der Waals surface area contributed by atoms with Gasteiger partial charge in [0.25, 0.3) is 0 Å². The molecule has 0 aliphatic carbocycles. The minimum absolute atomic E-state index is 0.0520. The molecule has 0 aliphatic rings. The van der Waals surface area contributed by atoms with E-state index in [1.54, 1.807) is 0 Å². The van der Waals surface area contributed by atoms with Crippen LogP contribution in [0.25, 0.3) is 0 Å². The first kappa shape index (κ1) is 16.7. The summed E-state index contributed by atoms with van der Waals surface area (Å²) >= 11 is 0. The van der Waals surface area contributed by atoms with Crippen molar-refractivity contribution >= 4 is 15.8 Å². The summed E-state index contributed by atoms with van der Waals surface area (Å²) < 4.78 is 28.8. The highest BCUT2D eigenvalue weighted by Crippen LogP contribution is 2.18. The van der Waals surface area contributed by atoms with Crippen molar-refractivity contribution in [3.05, 3.63) is 35.4 Å². The van der Waals surface area contributed by atoms with Gasteiger partial charge in [-0.2, -0.15) is 0 Å². The van der Waals surface area contributed by atoms with Crippen molar-refractivity contribution in [2.45, 2.75) is 44.1 Å². The molecule has 0 heterocycles. The summed E-state index contributed by atoms with van der Waals surface area (Å²) in [5.41, 5.74) is 1.92. The van der Waals surface area contributed by atoms with Gasteiger partial charge in [-0.1, -0.05) is 38.1 Å². The van der Waals surface area contributed by atoms with Gasteiger partial charge in [-0.15, -0.1) is 0 Å². The Hall–Kier alpha value is -1.36. The van der Waals surface area contributed by atoms with Crippen LogP contribution in [0.4, 0.5) is 0 Å². The number of hydrogen-bond acceptors (Lipinski definition) is 4. The molecule has 1 unspecified atom stereocenters. The highest BCUT2D eigenvalue weighted by molar-refractivity contribution is 7.91. The first-order valence-corrected chi connectivity index (χ1v) is 8.35. The summed E-state index contributed by atoms with van der Waals surface area (Å²) in [6, 6.07) is 7.55. The van der Waals surface area contributed by atoms with Crippen LogP contribution in [-0.4, -0.2) is 26.7 Å². The van der Waals surface area contributed by atoms with Crippen LogP contribution in [0.2, 0.25) is 0 Å². The Labute approximate surface area is 121 Å². The molecular formula is C15H22O4S. The number of sulfone groups is 1. The van der Waals surface area contributed by atoms with Gasteiger partial charge in [-0.05, 0) is 24.0 Å². The lowest BCUT2D eigenvalue weighted by atomic mass is 10.0. The first-order valence-electron chi connectivity index (χ1n) is 6.63. The number of benzene rings is 1. The van der Waals surface area contributed by atoms with Gasteiger partial charge in [-0.25, -0.2) is 8.42 Å². The van der Waals surface area contributed by atoms with Crippen molar-refractivity contribution in [3.63, 3.8) is 0 Å². The van der Waals surface area contributed by atoms with Crippen molar-refractivity contribution in [1.82, 2.24) is 0 Å². The van der Waals surface area contributed by atoms with Gasteiger partial charge in [-0.3, -0.25) is 4.79 Å². The van der Waals surface area contributed by atoms with E-state index in [2.05, 4.69) is 18.6 Å². The van der Waals surface area contributed by atoms with Crippen molar-refractivity contribution < 1.29 is 17.9 Å². The van der Waals surface area contributed by atoms with E-state index in [1.165, 1.54) is 19.6 Å². The van der Waals surface area contributed by atoms with Crippen LogP contribution in [0.5, 0.6) is 0 Å². The largest absolute Gasteiger partial charge is 0.469 e. The van der Waals surface area contributed by atoms with E-state index in [-0.39, 0.29) is 12.2 Å². The third kappa shape index (κ3) is 4.63. The molecule has 5 heteroatoms. The van der Waals surface area contributed by atoms with Crippen molar-refractivity contribution in [2.75, 3.05) is 7.11 Å². The number of rotatable bonds is 6. The van der Waals surface area contributed by atoms with E-state index in [0.717, 1.165) is 5.56 Å². The molecule has 4 nitrogen and oxygen atoms in total. The van der Waals surface area contributed by atoms with E-state index >= 15 is 0 Å². The van der Waals surface area contributed by atoms with Gasteiger partial charge in [0.15, 0.2) is 9.84 Å². The minimum atomic E-state index is -3.35. The minimum Gasteiger partial charge on any atom is -0.469 e. The second-order valence-corrected chi connectivity index (χ2v) is 7.71. The fraction of sp³-hybridized carbons (Fsp3) is 0.533. The van der Waals surface area contributed by atoms with Crippen LogP contribution >= 0.6 is 0 Å². The van der Waals surface area contributed by atoms with Crippen molar-refractivity contribution in [3.8, 4) is 0 Å². The quantitative estimate of drug-likeness (QED) is 0.758. The number of ether oxygens (including phenoxy) is 1. The fourth-order valence-corrected chi connectivity index (χ4v) is 3.15. The molecule has 0 saturated heterocycles. The Morgan fingerprint density at radius 1 is 1.15 bits per heavy atom. The van der Waals surface area contributed by atoms with E-state index in [9.17, 15) is 13.2 Å². The van der Waals surface area contributed by atoms with E-state index in [4.69, 9.17) is 0 Å². The predicted octanol–water partition coefficient (Wildman–Crippen LogP) is 2.68. The molecular weight excluding hydrogens is 276 g/mol. The van der Waals surface area contributed by atoms with E-state index < -0.39 is 21.1 Å². The molecule has 0 N–H and O–H groups in total. The molecule has 0 radical (unpaired) electrons. The Morgan fingerprint density at radius 3 is 2.15 bits per heavy atom. The fourth-order valence-electron chi connectivity index (χ4n) is 1.82. The smallest absolute Gasteiger partial charge is 0.306 e. The van der Waals surface area contributed by atoms with Gasteiger partial charge in [0.1, 0.15) is 0 Å². The maximum atomic E-state index is 12.2. The molecule has 1 atom stereocenters. The predicted molar refractivity (Wildman–Crippen MR) is 79.2 cm³/mol. The summed E-state index contributed by atoms with van der Waals surface area (Å²) in [6.45, 7) is 5.71. The highest BCUT2D eigenvalue weighted by Gasteiger charge is 2.24. The monoisotopic (exact) mass is 298 g/mol. The maximum absolute atomic E-state index is 12.2. The highest BCUT2D eigenvalue weighted by atomic mass is 32.2. The number of esters is 1. The molecule has 0 aliphatic heterocycles. The van der Waals surface area contributed by atoms with Crippen molar-refractivity contribution in [1.29, 1.82) is 0 Å². The lowest BCUT2D eigenvalue weighted by molar-refractivity contribution is -0.140. The van der Waals surface area contributed by atoms with Crippen LogP contribution in [0.3, 0.4) is 0 Å². The Balaban J connectivity index is 2.77. The molecule has 0 spiro atoms. The van der Waals surface area contributed by atoms with Crippen LogP contribution < -0.4 is 0 Å². The summed E-state index contributed by atoms with van der Waals surface area (Å²) in [6.07, 6.45) is -0.108. The molecule has 1 aromatic rings. The van der Waals surface area contributed by atoms with Crippen LogP contribution in [0.15, 0.2) is 24.3 Å². The zero-order valence-electron chi connectivity index (χ0n) is 12.4. The van der Waals surface area contributed by atoms with Gasteiger partial charge in [0.05, 0.1) is 24.5 Å². The molecule has 1 rings (SSSR count). The molecule has 20 heavy (non-hydrogen) atoms. The normalized spacial score (nSPS) is 13.2. The van der Waals surface area contributed by atoms with Gasteiger partial charge in [0.2, 0.25) is 0 Å². The molecule has 0 amide bonds. The molecule has 0 fully saturated rings. The average molecular weight is 298 g/mol. The summed E-state index contributed by atoms with van der Waals surface area (Å²) in [7, 11) is -2.10. The molecule has 0 saturated carbocycles. The lowest BCUT2D eigenvalue weighted by Gasteiger charge is -2.12.